The molecule has 30 heavy (non-hydrogen) atoms. The van der Waals surface area contributed by atoms with Crippen LogP contribution in [-0.4, -0.2) is 55.8 Å². The van der Waals surface area contributed by atoms with Crippen molar-refractivity contribution in [3.63, 3.8) is 0 Å². The van der Waals surface area contributed by atoms with E-state index in [4.69, 9.17) is 4.74 Å². The minimum atomic E-state index is 0. The van der Waals surface area contributed by atoms with Gasteiger partial charge in [-0.25, -0.2) is 0 Å². The highest BCUT2D eigenvalue weighted by molar-refractivity contribution is 14.0. The molecule has 0 bridgehead atoms. The predicted molar refractivity (Wildman–Crippen MR) is 135 cm³/mol. The predicted octanol–water partition coefficient (Wildman–Crippen LogP) is 4.20. The molecule has 2 N–H and O–H groups in total. The van der Waals surface area contributed by atoms with E-state index in [1.807, 2.05) is 7.05 Å². The average molecular weight is 527 g/mol. The number of nitrogens with one attached hydrogen (secondary N) is 2. The molecule has 0 radical (unpaired) electrons. The molecule has 6 heteroatoms. The first-order chi connectivity index (χ1) is 14.0. The van der Waals surface area contributed by atoms with Gasteiger partial charge in [0.05, 0.1) is 6.10 Å². The van der Waals surface area contributed by atoms with Gasteiger partial charge in [-0.3, -0.25) is 9.89 Å². The summed E-state index contributed by atoms with van der Waals surface area (Å²) in [5.41, 5.74) is 1.57. The number of nitrogens with zero attached hydrogens (tertiary/aromatic N) is 2. The number of benzene rings is 1. The third-order valence-corrected chi connectivity index (χ3v) is 7.55. The maximum atomic E-state index is 6.05. The van der Waals surface area contributed by atoms with Crippen LogP contribution in [0.5, 0.6) is 0 Å². The van der Waals surface area contributed by atoms with Crippen LogP contribution in [0, 0.1) is 11.3 Å². The lowest BCUT2D eigenvalue weighted by atomic mass is 9.55. The molecule has 3 aliphatic rings. The van der Waals surface area contributed by atoms with Crippen LogP contribution in [-0.2, 0) is 4.74 Å². The second kappa shape index (κ2) is 10.2. The summed E-state index contributed by atoms with van der Waals surface area (Å²) >= 11 is 0. The molecule has 1 aromatic carbocycles. The molecule has 2 heterocycles. The Morgan fingerprint density at radius 2 is 1.83 bits per heavy atom. The van der Waals surface area contributed by atoms with Gasteiger partial charge in [-0.05, 0) is 38.2 Å². The molecule has 1 saturated carbocycles. The number of piperidine rings is 1. The van der Waals surface area contributed by atoms with Crippen molar-refractivity contribution < 1.29 is 4.74 Å². The summed E-state index contributed by atoms with van der Waals surface area (Å²) < 4.78 is 6.05. The SMILES string of the molecule is CN=C(NC1CCN(C(C)c2ccccc2)CC1)NC1C2CCCOC2C1(C)C.I. The zero-order chi connectivity index (χ0) is 20.4. The lowest BCUT2D eigenvalue weighted by Gasteiger charge is -2.60. The van der Waals surface area contributed by atoms with Gasteiger partial charge in [0, 0.05) is 56.2 Å². The van der Waals surface area contributed by atoms with Crippen LogP contribution in [0.1, 0.15) is 58.1 Å². The van der Waals surface area contributed by atoms with E-state index in [1.165, 1.54) is 18.4 Å². The lowest BCUT2D eigenvalue weighted by Crippen LogP contribution is -2.71. The van der Waals surface area contributed by atoms with E-state index in [9.17, 15) is 0 Å². The highest BCUT2D eigenvalue weighted by Crippen LogP contribution is 2.51. The van der Waals surface area contributed by atoms with Crippen molar-refractivity contribution in [3.05, 3.63) is 35.9 Å². The zero-order valence-electron chi connectivity index (χ0n) is 18.9. The number of aliphatic imine (C=N–C) groups is 1. The van der Waals surface area contributed by atoms with Gasteiger partial charge in [0.1, 0.15) is 0 Å². The Labute approximate surface area is 199 Å². The first kappa shape index (κ1) is 23.8. The Kier molecular flexibility index (Phi) is 8.07. The fraction of sp³-hybridized carbons (Fsp3) is 0.708. The van der Waals surface area contributed by atoms with Crippen molar-refractivity contribution in [2.24, 2.45) is 16.3 Å². The molecule has 1 aromatic rings. The van der Waals surface area contributed by atoms with Crippen molar-refractivity contribution in [2.45, 2.75) is 70.7 Å². The van der Waals surface area contributed by atoms with Crippen LogP contribution >= 0.6 is 24.0 Å². The largest absolute Gasteiger partial charge is 0.377 e. The van der Waals surface area contributed by atoms with Gasteiger partial charge in [-0.1, -0.05) is 44.2 Å². The number of ether oxygens (including phenoxy) is 1. The molecule has 5 nitrogen and oxygen atoms in total. The van der Waals surface area contributed by atoms with Crippen molar-refractivity contribution in [2.75, 3.05) is 26.7 Å². The Hall–Kier alpha value is -0.860. The van der Waals surface area contributed by atoms with Crippen LogP contribution in [0.3, 0.4) is 0 Å². The third kappa shape index (κ3) is 4.80. The number of likely N-dealkylation sites (tertiary alicyclic amines) is 1. The van der Waals surface area contributed by atoms with Gasteiger partial charge in [0.15, 0.2) is 5.96 Å². The fourth-order valence-corrected chi connectivity index (χ4v) is 5.70. The maximum Gasteiger partial charge on any atom is 0.191 e. The summed E-state index contributed by atoms with van der Waals surface area (Å²) in [6.07, 6.45) is 5.15. The third-order valence-electron chi connectivity index (χ3n) is 7.55. The van der Waals surface area contributed by atoms with Gasteiger partial charge < -0.3 is 15.4 Å². The van der Waals surface area contributed by atoms with E-state index in [0.29, 0.717) is 30.1 Å². The molecule has 3 fully saturated rings. The molecular formula is C24H39IN4O. The summed E-state index contributed by atoms with van der Waals surface area (Å²) in [6.45, 7) is 10.1. The summed E-state index contributed by atoms with van der Waals surface area (Å²) in [4.78, 5) is 7.15. The first-order valence-electron chi connectivity index (χ1n) is 11.4. The van der Waals surface area contributed by atoms with E-state index in [2.05, 4.69) is 71.6 Å². The van der Waals surface area contributed by atoms with E-state index in [0.717, 1.165) is 38.5 Å². The Balaban J connectivity index is 0.00000256. The minimum absolute atomic E-state index is 0. The molecule has 1 aliphatic carbocycles. The Bertz CT molecular complexity index is 702. The molecule has 4 unspecified atom stereocenters. The topological polar surface area (TPSA) is 48.9 Å². The lowest BCUT2D eigenvalue weighted by molar-refractivity contribution is -0.188. The van der Waals surface area contributed by atoms with Crippen molar-refractivity contribution in [1.29, 1.82) is 0 Å². The quantitative estimate of drug-likeness (QED) is 0.351. The molecule has 168 valence electrons. The molecule has 0 amide bonds. The van der Waals surface area contributed by atoms with Crippen molar-refractivity contribution in [1.82, 2.24) is 15.5 Å². The molecule has 4 atom stereocenters. The maximum absolute atomic E-state index is 6.05. The number of rotatable bonds is 4. The molecular weight excluding hydrogens is 487 g/mol. The normalized spacial score (nSPS) is 30.4. The molecule has 4 rings (SSSR count). The summed E-state index contributed by atoms with van der Waals surface area (Å²) in [7, 11) is 1.89. The van der Waals surface area contributed by atoms with Gasteiger partial charge in [0.25, 0.3) is 0 Å². The van der Waals surface area contributed by atoms with Crippen LogP contribution < -0.4 is 10.6 Å². The van der Waals surface area contributed by atoms with Crippen molar-refractivity contribution >= 4 is 29.9 Å². The Morgan fingerprint density at radius 3 is 2.50 bits per heavy atom. The molecule has 2 aliphatic heterocycles. The first-order valence-corrected chi connectivity index (χ1v) is 11.4. The highest BCUT2D eigenvalue weighted by Gasteiger charge is 2.58. The van der Waals surface area contributed by atoms with E-state index in [1.54, 1.807) is 0 Å². The molecule has 0 aromatic heterocycles. The number of hydrogen-bond donors (Lipinski definition) is 2. The number of hydrogen-bond acceptors (Lipinski definition) is 3. The van der Waals surface area contributed by atoms with Crippen LogP contribution in [0.4, 0.5) is 0 Å². The van der Waals surface area contributed by atoms with Crippen molar-refractivity contribution in [3.8, 4) is 0 Å². The zero-order valence-corrected chi connectivity index (χ0v) is 21.3. The smallest absolute Gasteiger partial charge is 0.191 e. The van der Waals surface area contributed by atoms with Crippen LogP contribution in [0.25, 0.3) is 0 Å². The molecule has 0 spiro atoms. The van der Waals surface area contributed by atoms with Gasteiger partial charge >= 0.3 is 0 Å². The van der Waals surface area contributed by atoms with Gasteiger partial charge in [-0.15, -0.1) is 24.0 Å². The minimum Gasteiger partial charge on any atom is -0.377 e. The molecule has 2 saturated heterocycles. The van der Waals surface area contributed by atoms with Gasteiger partial charge in [0.2, 0.25) is 0 Å². The standard InChI is InChI=1S/C24H38N4O.HI/c1-17(18-9-6-5-7-10-18)28-14-12-19(13-15-28)26-23(25-4)27-21-20-11-8-16-29-22(20)24(21,2)3;/h5-7,9-10,17,19-22H,8,11-16H2,1-4H3,(H2,25,26,27);1H. The summed E-state index contributed by atoms with van der Waals surface area (Å²) in [5.74, 6) is 1.58. The fourth-order valence-electron chi connectivity index (χ4n) is 5.70. The number of halogens is 1. The second-order valence-electron chi connectivity index (χ2n) is 9.65. The van der Waals surface area contributed by atoms with Gasteiger partial charge in [-0.2, -0.15) is 0 Å². The summed E-state index contributed by atoms with van der Waals surface area (Å²) in [5, 5.41) is 7.45. The van der Waals surface area contributed by atoms with Crippen LogP contribution in [0.15, 0.2) is 35.3 Å². The van der Waals surface area contributed by atoms with E-state index < -0.39 is 0 Å². The average Bonchev–Trinajstić information content (AvgIpc) is 2.77. The van der Waals surface area contributed by atoms with Crippen LogP contribution in [0.2, 0.25) is 0 Å². The van der Waals surface area contributed by atoms with E-state index in [-0.39, 0.29) is 29.4 Å². The van der Waals surface area contributed by atoms with E-state index >= 15 is 0 Å². The Morgan fingerprint density at radius 1 is 1.13 bits per heavy atom. The second-order valence-corrected chi connectivity index (χ2v) is 9.65. The highest BCUT2D eigenvalue weighted by atomic mass is 127. The number of fused-ring (bicyclic) bond motifs is 1. The summed E-state index contributed by atoms with van der Waals surface area (Å²) in [6, 6.07) is 12.3. The number of guanidine groups is 1. The monoisotopic (exact) mass is 526 g/mol.